The average Bonchev–Trinajstić information content (AvgIpc) is 3.49. The van der Waals surface area contributed by atoms with E-state index in [1.165, 1.54) is 11.9 Å². The van der Waals surface area contributed by atoms with Gasteiger partial charge in [-0.25, -0.2) is 4.98 Å². The van der Waals surface area contributed by atoms with Gasteiger partial charge in [-0.1, -0.05) is 42.5 Å². The molecule has 32 heavy (non-hydrogen) atoms. The van der Waals surface area contributed by atoms with Gasteiger partial charge in [0.15, 0.2) is 5.76 Å². The van der Waals surface area contributed by atoms with Crippen molar-refractivity contribution in [2.75, 3.05) is 7.11 Å². The van der Waals surface area contributed by atoms with Crippen molar-refractivity contribution in [2.24, 2.45) is 0 Å². The summed E-state index contributed by atoms with van der Waals surface area (Å²) in [6.45, 7) is 0.520. The molecule has 7 nitrogen and oxygen atoms in total. The van der Waals surface area contributed by atoms with Crippen LogP contribution in [0.25, 0.3) is 5.76 Å². The summed E-state index contributed by atoms with van der Waals surface area (Å²) in [7, 11) is 1.63. The molecule has 0 spiro atoms. The maximum Gasteiger partial charge on any atom is 0.215 e. The van der Waals surface area contributed by atoms with Gasteiger partial charge >= 0.3 is 0 Å². The minimum Gasteiger partial charge on any atom is -0.504 e. The van der Waals surface area contributed by atoms with Gasteiger partial charge in [0.1, 0.15) is 12.1 Å². The third kappa shape index (κ3) is 5.13. The number of aromatic amines is 1. The lowest BCUT2D eigenvalue weighted by molar-refractivity contribution is 0.103. The van der Waals surface area contributed by atoms with Crippen LogP contribution in [0.15, 0.2) is 79.3 Å². The summed E-state index contributed by atoms with van der Waals surface area (Å²) in [5, 5.41) is 16.5. The molecule has 4 aromatic rings. The van der Waals surface area contributed by atoms with Crippen LogP contribution in [0.4, 0.5) is 0 Å². The number of nitrogens with one attached hydrogen (secondary N) is 1. The first-order valence-corrected chi connectivity index (χ1v) is 10.3. The topological polar surface area (TPSA) is 93.0 Å². The number of aliphatic hydroxyl groups excluding tert-OH is 1. The molecule has 0 aliphatic carbocycles. The number of nitrogens with zero attached hydrogens (tertiary/aromatic N) is 3. The van der Waals surface area contributed by atoms with Gasteiger partial charge < -0.3 is 14.4 Å². The first-order valence-electron chi connectivity index (χ1n) is 10.3. The lowest BCUT2D eigenvalue weighted by atomic mass is 10.1. The Morgan fingerprint density at radius 2 is 1.81 bits per heavy atom. The largest absolute Gasteiger partial charge is 0.504 e. The zero-order chi connectivity index (χ0) is 22.3. The molecule has 2 N–H and O–H groups in total. The van der Waals surface area contributed by atoms with Gasteiger partial charge in [-0.3, -0.25) is 9.89 Å². The van der Waals surface area contributed by atoms with Gasteiger partial charge in [-0.2, -0.15) is 5.10 Å². The van der Waals surface area contributed by atoms with Crippen LogP contribution in [-0.2, 0) is 19.4 Å². The first kappa shape index (κ1) is 21.1. The van der Waals surface area contributed by atoms with E-state index in [4.69, 9.17) is 4.74 Å². The molecule has 0 atom stereocenters. The summed E-state index contributed by atoms with van der Waals surface area (Å²) in [6.07, 6.45) is 6.18. The number of H-pyrrole nitrogens is 1. The molecule has 0 fully saturated rings. The van der Waals surface area contributed by atoms with Crippen LogP contribution in [0, 0.1) is 0 Å². The van der Waals surface area contributed by atoms with Crippen molar-refractivity contribution >= 4 is 11.5 Å². The molecule has 0 saturated carbocycles. The number of allylic oxidation sites excluding steroid dienone is 1. The van der Waals surface area contributed by atoms with E-state index >= 15 is 0 Å². The normalized spacial score (nSPS) is 11.5. The van der Waals surface area contributed by atoms with Crippen LogP contribution in [-0.4, -0.2) is 37.7 Å². The highest BCUT2D eigenvalue weighted by atomic mass is 16.5. The lowest BCUT2D eigenvalue weighted by Gasteiger charge is -2.08. The number of ketones is 1. The molecule has 0 bridgehead atoms. The van der Waals surface area contributed by atoms with Crippen LogP contribution >= 0.6 is 0 Å². The van der Waals surface area contributed by atoms with E-state index in [2.05, 4.69) is 27.3 Å². The number of benzene rings is 2. The highest BCUT2D eigenvalue weighted by molar-refractivity contribution is 6.06. The average molecular weight is 428 g/mol. The van der Waals surface area contributed by atoms with Crippen molar-refractivity contribution in [3.05, 3.63) is 107 Å². The van der Waals surface area contributed by atoms with E-state index < -0.39 is 0 Å². The van der Waals surface area contributed by atoms with Crippen LogP contribution in [0.3, 0.4) is 0 Å². The van der Waals surface area contributed by atoms with E-state index in [1.54, 1.807) is 7.11 Å². The molecular formula is C25H24N4O3. The van der Waals surface area contributed by atoms with Crippen molar-refractivity contribution in [1.82, 2.24) is 19.7 Å². The van der Waals surface area contributed by atoms with E-state index in [9.17, 15) is 9.90 Å². The van der Waals surface area contributed by atoms with Crippen molar-refractivity contribution in [2.45, 2.75) is 19.4 Å². The van der Waals surface area contributed by atoms with Gasteiger partial charge in [0, 0.05) is 18.8 Å². The summed E-state index contributed by atoms with van der Waals surface area (Å²) < 4.78 is 7.14. The number of hydrogen-bond acceptors (Lipinski definition) is 5. The molecule has 0 aliphatic heterocycles. The van der Waals surface area contributed by atoms with Gasteiger partial charge in [-0.15, -0.1) is 0 Å². The predicted octanol–water partition coefficient (Wildman–Crippen LogP) is 4.23. The maximum absolute atomic E-state index is 13.0. The molecule has 0 radical (unpaired) electrons. The monoisotopic (exact) mass is 428 g/mol. The summed E-state index contributed by atoms with van der Waals surface area (Å²) >= 11 is 0. The molecular weight excluding hydrogens is 404 g/mol. The van der Waals surface area contributed by atoms with Crippen molar-refractivity contribution < 1.29 is 14.6 Å². The Bertz CT molecular complexity index is 1190. The SMILES string of the molecule is COc1ccc(Cn2cc(CCc3ccccc3)cc2C(=O)C=C(O)c2nc[nH]n2)cc1. The number of ether oxygens (including phenoxy) is 1. The number of aliphatic hydroxyl groups is 1. The second-order valence-electron chi connectivity index (χ2n) is 7.41. The number of aryl methyl sites for hydroxylation is 2. The molecule has 2 aromatic heterocycles. The summed E-state index contributed by atoms with van der Waals surface area (Å²) in [5.74, 6) is 0.266. The standard InChI is InChI=1S/C25H24N4O3/c1-32-21-11-9-19(10-12-21)15-29-16-20(8-7-18-5-3-2-4-6-18)13-22(29)23(30)14-24(31)25-26-17-27-28-25/h2-6,9-14,16-17,31H,7-8,15H2,1H3,(H,26,27,28). The molecule has 4 rings (SSSR count). The minimum atomic E-state index is -0.313. The Morgan fingerprint density at radius 3 is 2.50 bits per heavy atom. The fraction of sp³-hybridized carbons (Fsp3) is 0.160. The minimum absolute atomic E-state index is 0.0795. The zero-order valence-electron chi connectivity index (χ0n) is 17.7. The molecule has 0 aliphatic rings. The Balaban J connectivity index is 1.60. The first-order chi connectivity index (χ1) is 15.6. The predicted molar refractivity (Wildman–Crippen MR) is 122 cm³/mol. The lowest BCUT2D eigenvalue weighted by Crippen LogP contribution is -2.08. The van der Waals surface area contributed by atoms with Gasteiger partial charge in [0.05, 0.1) is 12.8 Å². The molecule has 7 heteroatoms. The van der Waals surface area contributed by atoms with Crippen LogP contribution in [0.2, 0.25) is 0 Å². The maximum atomic E-state index is 13.0. The smallest absolute Gasteiger partial charge is 0.215 e. The van der Waals surface area contributed by atoms with Crippen LogP contribution < -0.4 is 4.74 Å². The van der Waals surface area contributed by atoms with Crippen molar-refractivity contribution in [3.8, 4) is 5.75 Å². The second-order valence-corrected chi connectivity index (χ2v) is 7.41. The summed E-state index contributed by atoms with van der Waals surface area (Å²) in [5.41, 5.74) is 3.82. The second kappa shape index (κ2) is 9.78. The number of hydrogen-bond donors (Lipinski definition) is 2. The Labute approximate surface area is 186 Å². The van der Waals surface area contributed by atoms with Crippen LogP contribution in [0.5, 0.6) is 5.75 Å². The number of aromatic nitrogens is 4. The molecule has 0 saturated heterocycles. The summed E-state index contributed by atoms with van der Waals surface area (Å²) in [6, 6.07) is 19.9. The summed E-state index contributed by atoms with van der Waals surface area (Å²) in [4.78, 5) is 16.9. The zero-order valence-corrected chi connectivity index (χ0v) is 17.7. The van der Waals surface area contributed by atoms with E-state index in [1.807, 2.05) is 59.3 Å². The van der Waals surface area contributed by atoms with Gasteiger partial charge in [0.25, 0.3) is 0 Å². The molecule has 162 valence electrons. The highest BCUT2D eigenvalue weighted by Gasteiger charge is 2.15. The van der Waals surface area contributed by atoms with Gasteiger partial charge in [-0.05, 0) is 47.7 Å². The van der Waals surface area contributed by atoms with Crippen molar-refractivity contribution in [3.63, 3.8) is 0 Å². The number of methoxy groups -OCH3 is 1. The molecule has 2 aromatic carbocycles. The molecule has 0 amide bonds. The highest BCUT2D eigenvalue weighted by Crippen LogP contribution is 2.18. The molecule has 2 heterocycles. The van der Waals surface area contributed by atoms with E-state index in [0.29, 0.717) is 12.2 Å². The number of carbonyl (C=O) groups is 1. The van der Waals surface area contributed by atoms with Crippen molar-refractivity contribution in [1.29, 1.82) is 0 Å². The molecule has 0 unspecified atom stereocenters. The third-order valence-corrected chi connectivity index (χ3v) is 5.17. The van der Waals surface area contributed by atoms with Gasteiger partial charge in [0.2, 0.25) is 11.6 Å². The fourth-order valence-electron chi connectivity index (χ4n) is 3.50. The number of rotatable bonds is 9. The number of carbonyl (C=O) groups excluding carboxylic acids is 1. The van der Waals surface area contributed by atoms with Crippen LogP contribution in [0.1, 0.15) is 33.0 Å². The fourth-order valence-corrected chi connectivity index (χ4v) is 3.50. The Morgan fingerprint density at radius 1 is 1.06 bits per heavy atom. The Hall–Kier alpha value is -4.13. The Kier molecular flexibility index (Phi) is 6.46. The van der Waals surface area contributed by atoms with E-state index in [0.717, 1.165) is 35.8 Å². The quantitative estimate of drug-likeness (QED) is 0.236. The van der Waals surface area contributed by atoms with E-state index in [-0.39, 0.29) is 17.4 Å². The third-order valence-electron chi connectivity index (χ3n) is 5.17.